The monoisotopic (exact) mass is 421 g/mol. The summed E-state index contributed by atoms with van der Waals surface area (Å²) in [6.45, 7) is 0. The molecule has 1 heterocycles. The number of rotatable bonds is 6. The number of halogens is 1. The van der Waals surface area contributed by atoms with Gasteiger partial charge in [0.1, 0.15) is 12.1 Å². The van der Waals surface area contributed by atoms with Gasteiger partial charge in [0.25, 0.3) is 0 Å². The molecule has 0 fully saturated rings. The molecule has 0 atom stereocenters. The first kappa shape index (κ1) is 21.1. The van der Waals surface area contributed by atoms with Gasteiger partial charge in [-0.1, -0.05) is 30.3 Å². The number of aromatic nitrogens is 2. The lowest BCUT2D eigenvalue weighted by atomic mass is 10.0. The fourth-order valence-corrected chi connectivity index (χ4v) is 3.08. The third kappa shape index (κ3) is 4.18. The maximum Gasteiger partial charge on any atom is 0.193 e. The number of anilines is 2. The molecule has 0 saturated carbocycles. The molecule has 152 valence electrons. The van der Waals surface area contributed by atoms with E-state index in [1.54, 1.807) is 26.4 Å². The van der Waals surface area contributed by atoms with Gasteiger partial charge in [0, 0.05) is 28.3 Å². The first-order chi connectivity index (χ1) is 14.2. The van der Waals surface area contributed by atoms with Crippen LogP contribution >= 0.6 is 12.4 Å². The molecular weight excluding hydrogens is 402 g/mol. The van der Waals surface area contributed by atoms with Crippen LogP contribution < -0.4 is 14.8 Å². The number of fused-ring (bicyclic) bond motifs is 1. The maximum atomic E-state index is 12.6. The van der Waals surface area contributed by atoms with Crippen molar-refractivity contribution in [2.45, 2.75) is 0 Å². The number of carbonyl (C=O) groups is 1. The van der Waals surface area contributed by atoms with Crippen LogP contribution in [0.15, 0.2) is 73.1 Å². The zero-order valence-corrected chi connectivity index (χ0v) is 17.3. The molecule has 1 aromatic heterocycles. The third-order valence-electron chi connectivity index (χ3n) is 4.59. The Morgan fingerprint density at radius 2 is 1.47 bits per heavy atom. The van der Waals surface area contributed by atoms with Gasteiger partial charge >= 0.3 is 0 Å². The van der Waals surface area contributed by atoms with Crippen LogP contribution in [-0.2, 0) is 0 Å². The number of nitrogens with one attached hydrogen (secondary N) is 1. The van der Waals surface area contributed by atoms with Crippen LogP contribution in [0.25, 0.3) is 10.9 Å². The van der Waals surface area contributed by atoms with E-state index in [0.717, 1.165) is 16.6 Å². The van der Waals surface area contributed by atoms with Crippen molar-refractivity contribution in [1.82, 2.24) is 9.97 Å². The normalized spacial score (nSPS) is 10.2. The zero-order chi connectivity index (χ0) is 20.2. The fraction of sp³-hybridized carbons (Fsp3) is 0.0870. The van der Waals surface area contributed by atoms with Crippen LogP contribution in [0.2, 0.25) is 0 Å². The van der Waals surface area contributed by atoms with E-state index in [1.807, 2.05) is 54.6 Å². The molecule has 6 nitrogen and oxygen atoms in total. The van der Waals surface area contributed by atoms with Crippen molar-refractivity contribution >= 4 is 40.6 Å². The molecule has 30 heavy (non-hydrogen) atoms. The Hall–Kier alpha value is -3.64. The van der Waals surface area contributed by atoms with Gasteiger partial charge in [0.15, 0.2) is 17.3 Å². The van der Waals surface area contributed by atoms with Crippen molar-refractivity contribution in [1.29, 1.82) is 0 Å². The van der Waals surface area contributed by atoms with Gasteiger partial charge in [-0.2, -0.15) is 0 Å². The van der Waals surface area contributed by atoms with Crippen LogP contribution in [-0.4, -0.2) is 30.0 Å². The second-order valence-electron chi connectivity index (χ2n) is 6.34. The Morgan fingerprint density at radius 3 is 2.13 bits per heavy atom. The summed E-state index contributed by atoms with van der Waals surface area (Å²) < 4.78 is 10.7. The summed E-state index contributed by atoms with van der Waals surface area (Å²) in [6, 6.07) is 20.2. The highest BCUT2D eigenvalue weighted by molar-refractivity contribution is 6.09. The number of hydrogen-bond donors (Lipinski definition) is 1. The largest absolute Gasteiger partial charge is 0.493 e. The summed E-state index contributed by atoms with van der Waals surface area (Å²) >= 11 is 0. The lowest BCUT2D eigenvalue weighted by Gasteiger charge is -2.12. The molecule has 0 aliphatic rings. The first-order valence-electron chi connectivity index (χ1n) is 9.03. The minimum absolute atomic E-state index is 0. The number of carbonyl (C=O) groups excluding carboxylic acids is 1. The van der Waals surface area contributed by atoms with E-state index in [2.05, 4.69) is 15.3 Å². The van der Waals surface area contributed by atoms with Crippen molar-refractivity contribution in [3.05, 3.63) is 84.2 Å². The molecule has 4 rings (SSSR count). The van der Waals surface area contributed by atoms with E-state index in [4.69, 9.17) is 9.47 Å². The van der Waals surface area contributed by atoms with E-state index in [0.29, 0.717) is 28.4 Å². The predicted molar refractivity (Wildman–Crippen MR) is 119 cm³/mol. The van der Waals surface area contributed by atoms with Gasteiger partial charge in [-0.25, -0.2) is 9.97 Å². The smallest absolute Gasteiger partial charge is 0.193 e. The predicted octanol–water partition coefficient (Wildman–Crippen LogP) is 5.04. The number of nitrogens with zero attached hydrogens (tertiary/aromatic N) is 2. The highest BCUT2D eigenvalue weighted by atomic mass is 35.5. The van der Waals surface area contributed by atoms with E-state index in [9.17, 15) is 4.79 Å². The van der Waals surface area contributed by atoms with Gasteiger partial charge < -0.3 is 14.8 Å². The Balaban J connectivity index is 0.00000256. The second kappa shape index (κ2) is 9.24. The number of benzene rings is 3. The van der Waals surface area contributed by atoms with Crippen molar-refractivity contribution in [2.24, 2.45) is 0 Å². The second-order valence-corrected chi connectivity index (χ2v) is 6.34. The van der Waals surface area contributed by atoms with Gasteiger partial charge in [-0.3, -0.25) is 4.79 Å². The zero-order valence-electron chi connectivity index (χ0n) is 16.5. The molecule has 0 spiro atoms. The standard InChI is InChI=1S/C23H19N3O3.ClH/c1-28-20-12-18-19(13-21(20)29-2)24-14-25-23(18)26-17-10-8-16(9-11-17)22(27)15-6-4-3-5-7-15;/h3-14H,1-2H3,(H,24,25,26);1H. The SMILES string of the molecule is COc1cc2ncnc(Nc3ccc(C(=O)c4ccccc4)cc3)c2cc1OC.Cl. The minimum Gasteiger partial charge on any atom is -0.493 e. The molecule has 0 saturated heterocycles. The molecule has 1 N–H and O–H groups in total. The summed E-state index contributed by atoms with van der Waals surface area (Å²) in [5.74, 6) is 1.83. The average Bonchev–Trinajstić information content (AvgIpc) is 2.79. The summed E-state index contributed by atoms with van der Waals surface area (Å²) in [7, 11) is 3.17. The third-order valence-corrected chi connectivity index (χ3v) is 4.59. The van der Waals surface area contributed by atoms with Crippen LogP contribution in [0.5, 0.6) is 11.5 Å². The summed E-state index contributed by atoms with van der Waals surface area (Å²) in [6.07, 6.45) is 1.49. The van der Waals surface area contributed by atoms with Gasteiger partial charge in [0.05, 0.1) is 19.7 Å². The van der Waals surface area contributed by atoms with Crippen LogP contribution in [0.3, 0.4) is 0 Å². The van der Waals surface area contributed by atoms with E-state index in [-0.39, 0.29) is 18.2 Å². The molecule has 0 unspecified atom stereocenters. The van der Waals surface area contributed by atoms with E-state index in [1.165, 1.54) is 6.33 Å². The molecule has 3 aromatic carbocycles. The topological polar surface area (TPSA) is 73.3 Å². The fourth-order valence-electron chi connectivity index (χ4n) is 3.08. The maximum absolute atomic E-state index is 12.6. The number of ether oxygens (including phenoxy) is 2. The van der Waals surface area contributed by atoms with Crippen molar-refractivity contribution < 1.29 is 14.3 Å². The first-order valence-corrected chi connectivity index (χ1v) is 9.03. The van der Waals surface area contributed by atoms with Crippen molar-refractivity contribution in [3.8, 4) is 11.5 Å². The lowest BCUT2D eigenvalue weighted by Crippen LogP contribution is -2.01. The average molecular weight is 422 g/mol. The lowest BCUT2D eigenvalue weighted by molar-refractivity contribution is 0.103. The highest BCUT2D eigenvalue weighted by Gasteiger charge is 2.12. The Morgan fingerprint density at radius 1 is 0.833 bits per heavy atom. The molecule has 4 aromatic rings. The summed E-state index contributed by atoms with van der Waals surface area (Å²) in [5.41, 5.74) is 2.83. The van der Waals surface area contributed by atoms with E-state index >= 15 is 0 Å². The number of hydrogen-bond acceptors (Lipinski definition) is 6. The van der Waals surface area contributed by atoms with Crippen molar-refractivity contribution in [3.63, 3.8) is 0 Å². The van der Waals surface area contributed by atoms with E-state index < -0.39 is 0 Å². The molecule has 0 radical (unpaired) electrons. The van der Waals surface area contributed by atoms with Crippen LogP contribution in [0.1, 0.15) is 15.9 Å². The molecule has 0 bridgehead atoms. The molecule has 7 heteroatoms. The quantitative estimate of drug-likeness (QED) is 0.439. The summed E-state index contributed by atoms with van der Waals surface area (Å²) in [5, 5.41) is 4.08. The van der Waals surface area contributed by atoms with Crippen LogP contribution in [0, 0.1) is 0 Å². The molecule has 0 aliphatic heterocycles. The molecule has 0 aliphatic carbocycles. The Bertz CT molecular complexity index is 1170. The highest BCUT2D eigenvalue weighted by Crippen LogP contribution is 2.34. The number of ketones is 1. The molecular formula is C23H20ClN3O3. The number of methoxy groups -OCH3 is 2. The Labute approximate surface area is 180 Å². The minimum atomic E-state index is -0.0125. The van der Waals surface area contributed by atoms with Gasteiger partial charge in [0.2, 0.25) is 0 Å². The summed E-state index contributed by atoms with van der Waals surface area (Å²) in [4.78, 5) is 21.2. The van der Waals surface area contributed by atoms with Gasteiger partial charge in [-0.15, -0.1) is 12.4 Å². The molecule has 0 amide bonds. The Kier molecular flexibility index (Phi) is 6.49. The van der Waals surface area contributed by atoms with Crippen molar-refractivity contribution in [2.75, 3.05) is 19.5 Å². The van der Waals surface area contributed by atoms with Gasteiger partial charge in [-0.05, 0) is 30.3 Å². The van der Waals surface area contributed by atoms with Crippen LogP contribution in [0.4, 0.5) is 11.5 Å².